The molecule has 104 valence electrons. The molecule has 3 aromatic rings. The van der Waals surface area contributed by atoms with Gasteiger partial charge in [-0.2, -0.15) is 0 Å². The Morgan fingerprint density at radius 1 is 1.30 bits per heavy atom. The molecule has 0 saturated heterocycles. The summed E-state index contributed by atoms with van der Waals surface area (Å²) in [5.74, 6) is 0. The van der Waals surface area contributed by atoms with E-state index in [1.807, 2.05) is 0 Å². The Balaban J connectivity index is 1.98. The van der Waals surface area contributed by atoms with Crippen LogP contribution in [-0.4, -0.2) is 15.9 Å². The van der Waals surface area contributed by atoms with Crippen LogP contribution in [-0.2, 0) is 6.42 Å². The van der Waals surface area contributed by atoms with Crippen molar-refractivity contribution >= 4 is 28.1 Å². The highest BCUT2D eigenvalue weighted by Crippen LogP contribution is 2.32. The summed E-state index contributed by atoms with van der Waals surface area (Å²) in [6.07, 6.45) is 2.92. The minimum Gasteiger partial charge on any atom is -0.330 e. The maximum atomic E-state index is 5.74. The van der Waals surface area contributed by atoms with Gasteiger partial charge in [-0.25, -0.2) is 4.98 Å². The van der Waals surface area contributed by atoms with Gasteiger partial charge in [-0.3, -0.25) is 4.40 Å². The molecule has 0 saturated carbocycles. The molecule has 0 spiro atoms. The van der Waals surface area contributed by atoms with Gasteiger partial charge in [-0.15, -0.1) is 11.3 Å². The van der Waals surface area contributed by atoms with Crippen LogP contribution >= 0.6 is 23.1 Å². The lowest BCUT2D eigenvalue weighted by atomic mass is 10.1. The number of aromatic nitrogens is 2. The molecule has 3 rings (SSSR count). The fourth-order valence-corrected chi connectivity index (χ4v) is 3.98. The summed E-state index contributed by atoms with van der Waals surface area (Å²) in [7, 11) is 0. The second kappa shape index (κ2) is 5.60. The molecular formula is C15H17N3S2. The van der Waals surface area contributed by atoms with E-state index in [2.05, 4.69) is 48.0 Å². The number of hydrogen-bond acceptors (Lipinski definition) is 4. The fraction of sp³-hybridized carbons (Fsp3) is 0.267. The molecule has 2 heterocycles. The number of benzene rings is 1. The summed E-state index contributed by atoms with van der Waals surface area (Å²) in [5.41, 5.74) is 9.59. The summed E-state index contributed by atoms with van der Waals surface area (Å²) in [6.45, 7) is 4.92. The molecule has 0 bridgehead atoms. The highest BCUT2D eigenvalue weighted by molar-refractivity contribution is 7.99. The van der Waals surface area contributed by atoms with E-state index in [-0.39, 0.29) is 0 Å². The Morgan fingerprint density at radius 2 is 2.15 bits per heavy atom. The van der Waals surface area contributed by atoms with Crippen molar-refractivity contribution < 1.29 is 0 Å². The minimum atomic E-state index is 0.643. The summed E-state index contributed by atoms with van der Waals surface area (Å²) in [4.78, 5) is 7.00. The average Bonchev–Trinajstić information content (AvgIpc) is 2.98. The summed E-state index contributed by atoms with van der Waals surface area (Å²) < 4.78 is 2.15. The zero-order chi connectivity index (χ0) is 14.1. The fourth-order valence-electron chi connectivity index (χ4n) is 2.15. The third-order valence-electron chi connectivity index (χ3n) is 3.40. The molecule has 0 fully saturated rings. The van der Waals surface area contributed by atoms with E-state index in [1.54, 1.807) is 23.1 Å². The van der Waals surface area contributed by atoms with Crippen LogP contribution in [0, 0.1) is 13.8 Å². The first-order valence-electron chi connectivity index (χ1n) is 6.58. The Labute approximate surface area is 126 Å². The standard InChI is InChI=1S/C15H17N3S2/c1-10-3-4-12(9-11(10)2)20-14-13(5-6-16)18-7-8-19-15(18)17-14/h3-4,7-9H,5-6,16H2,1-2H3. The van der Waals surface area contributed by atoms with Crippen LogP contribution in [0.2, 0.25) is 0 Å². The van der Waals surface area contributed by atoms with Crippen LogP contribution in [0.5, 0.6) is 0 Å². The Hall–Kier alpha value is -1.30. The normalized spacial score (nSPS) is 11.3. The van der Waals surface area contributed by atoms with Gasteiger partial charge in [0.25, 0.3) is 0 Å². The molecule has 0 aliphatic heterocycles. The van der Waals surface area contributed by atoms with Crippen LogP contribution in [0.15, 0.2) is 39.7 Å². The third kappa shape index (κ3) is 2.49. The number of hydrogen-bond donors (Lipinski definition) is 1. The first kappa shape index (κ1) is 13.7. The van der Waals surface area contributed by atoms with Crippen LogP contribution in [0.4, 0.5) is 0 Å². The van der Waals surface area contributed by atoms with Crippen molar-refractivity contribution in [2.45, 2.75) is 30.2 Å². The molecule has 0 aliphatic carbocycles. The second-order valence-electron chi connectivity index (χ2n) is 4.81. The van der Waals surface area contributed by atoms with Gasteiger partial charge in [-0.1, -0.05) is 17.8 Å². The number of rotatable bonds is 4. The monoisotopic (exact) mass is 303 g/mol. The molecule has 0 aliphatic rings. The number of nitrogens with zero attached hydrogens (tertiary/aromatic N) is 2. The van der Waals surface area contributed by atoms with Gasteiger partial charge in [0.15, 0.2) is 4.96 Å². The quantitative estimate of drug-likeness (QED) is 0.800. The predicted octanol–water partition coefficient (Wildman–Crippen LogP) is 3.67. The van der Waals surface area contributed by atoms with E-state index >= 15 is 0 Å². The highest BCUT2D eigenvalue weighted by Gasteiger charge is 2.13. The van der Waals surface area contributed by atoms with Crippen LogP contribution in [0.1, 0.15) is 16.8 Å². The molecule has 2 N–H and O–H groups in total. The van der Waals surface area contributed by atoms with E-state index in [9.17, 15) is 0 Å². The van der Waals surface area contributed by atoms with Crippen LogP contribution < -0.4 is 5.73 Å². The van der Waals surface area contributed by atoms with Crippen molar-refractivity contribution in [2.24, 2.45) is 5.73 Å². The zero-order valence-electron chi connectivity index (χ0n) is 11.6. The van der Waals surface area contributed by atoms with Gasteiger partial charge >= 0.3 is 0 Å². The molecule has 2 aromatic heterocycles. The maximum Gasteiger partial charge on any atom is 0.194 e. The van der Waals surface area contributed by atoms with Crippen molar-refractivity contribution in [3.63, 3.8) is 0 Å². The van der Waals surface area contributed by atoms with E-state index in [0.29, 0.717) is 6.54 Å². The maximum absolute atomic E-state index is 5.74. The first-order valence-corrected chi connectivity index (χ1v) is 8.28. The van der Waals surface area contributed by atoms with Gasteiger partial charge in [0.05, 0.1) is 5.69 Å². The topological polar surface area (TPSA) is 43.3 Å². The van der Waals surface area contributed by atoms with Gasteiger partial charge < -0.3 is 5.73 Å². The minimum absolute atomic E-state index is 0.643. The smallest absolute Gasteiger partial charge is 0.194 e. The first-order chi connectivity index (χ1) is 9.69. The van der Waals surface area contributed by atoms with Crippen molar-refractivity contribution in [2.75, 3.05) is 6.54 Å². The molecule has 1 aromatic carbocycles. The number of aryl methyl sites for hydroxylation is 2. The SMILES string of the molecule is Cc1ccc(Sc2nc3sccn3c2CCN)cc1C. The number of thiazole rings is 1. The van der Waals surface area contributed by atoms with Crippen LogP contribution in [0.3, 0.4) is 0 Å². The Kier molecular flexibility index (Phi) is 3.83. The second-order valence-corrected chi connectivity index (χ2v) is 6.74. The zero-order valence-corrected chi connectivity index (χ0v) is 13.2. The molecule has 20 heavy (non-hydrogen) atoms. The largest absolute Gasteiger partial charge is 0.330 e. The summed E-state index contributed by atoms with van der Waals surface area (Å²) in [6, 6.07) is 6.55. The summed E-state index contributed by atoms with van der Waals surface area (Å²) >= 11 is 3.39. The predicted molar refractivity (Wildman–Crippen MR) is 85.9 cm³/mol. The van der Waals surface area contributed by atoms with Crippen LogP contribution in [0.25, 0.3) is 4.96 Å². The number of fused-ring (bicyclic) bond motifs is 1. The van der Waals surface area contributed by atoms with Crippen molar-refractivity contribution in [3.8, 4) is 0 Å². The van der Waals surface area contributed by atoms with Gasteiger partial charge in [0.2, 0.25) is 0 Å². The van der Waals surface area contributed by atoms with Crippen molar-refractivity contribution in [1.82, 2.24) is 9.38 Å². The van der Waals surface area contributed by atoms with E-state index in [0.717, 1.165) is 16.4 Å². The number of imidazole rings is 1. The Bertz CT molecular complexity index is 743. The third-order valence-corrected chi connectivity index (χ3v) is 5.16. The molecule has 0 unspecified atom stereocenters. The van der Waals surface area contributed by atoms with E-state index in [4.69, 9.17) is 10.7 Å². The van der Waals surface area contributed by atoms with E-state index < -0.39 is 0 Å². The van der Waals surface area contributed by atoms with Gasteiger partial charge in [0, 0.05) is 22.9 Å². The van der Waals surface area contributed by atoms with Gasteiger partial charge in [-0.05, 0) is 43.7 Å². The Morgan fingerprint density at radius 3 is 2.90 bits per heavy atom. The average molecular weight is 303 g/mol. The molecule has 3 nitrogen and oxygen atoms in total. The lowest BCUT2D eigenvalue weighted by Crippen LogP contribution is -2.05. The highest BCUT2D eigenvalue weighted by atomic mass is 32.2. The number of nitrogens with two attached hydrogens (primary N) is 1. The van der Waals surface area contributed by atoms with Crippen molar-refractivity contribution in [3.05, 3.63) is 46.6 Å². The molecular weight excluding hydrogens is 286 g/mol. The lowest BCUT2D eigenvalue weighted by molar-refractivity contribution is 0.879. The molecule has 5 heteroatoms. The molecule has 0 atom stereocenters. The molecule has 0 amide bonds. The van der Waals surface area contributed by atoms with Gasteiger partial charge in [0.1, 0.15) is 5.03 Å². The lowest BCUT2D eigenvalue weighted by Gasteiger charge is -2.05. The van der Waals surface area contributed by atoms with Crippen molar-refractivity contribution in [1.29, 1.82) is 0 Å². The summed E-state index contributed by atoms with van der Waals surface area (Å²) in [5, 5.41) is 3.14. The van der Waals surface area contributed by atoms with E-state index in [1.165, 1.54) is 21.7 Å². The molecule has 0 radical (unpaired) electrons.